The van der Waals surface area contributed by atoms with Gasteiger partial charge in [0.15, 0.2) is 0 Å². The van der Waals surface area contributed by atoms with Crippen LogP contribution in [0, 0.1) is 11.8 Å². The largest absolute Gasteiger partial charge is 0.0654 e. The van der Waals surface area contributed by atoms with Crippen LogP contribution in [0.4, 0.5) is 0 Å². The minimum absolute atomic E-state index is 1.07. The summed E-state index contributed by atoms with van der Waals surface area (Å²) in [5.41, 5.74) is 0. The molecule has 0 nitrogen and oxygen atoms in total. The van der Waals surface area contributed by atoms with Gasteiger partial charge >= 0.3 is 0 Å². The van der Waals surface area contributed by atoms with Crippen LogP contribution in [0.25, 0.3) is 0 Å². The second kappa shape index (κ2) is 4.00. The first kappa shape index (κ1) is 8.10. The van der Waals surface area contributed by atoms with E-state index >= 15 is 0 Å². The molecule has 0 unspecified atom stereocenters. The number of hydrogen-bond acceptors (Lipinski definition) is 0. The Kier molecular flexibility index (Phi) is 3.24. The molecule has 0 amide bonds. The zero-order valence-corrected chi connectivity index (χ0v) is 7.40. The summed E-state index contributed by atoms with van der Waals surface area (Å²) in [4.78, 5) is 0. The Labute approximate surface area is 65.0 Å². The third-order valence-electron chi connectivity index (χ3n) is 2.70. The fourth-order valence-corrected chi connectivity index (χ4v) is 1.63. The van der Waals surface area contributed by atoms with E-state index in [2.05, 4.69) is 13.8 Å². The number of hydrogen-bond donors (Lipinski definition) is 0. The van der Waals surface area contributed by atoms with Crippen molar-refractivity contribution in [3.63, 3.8) is 0 Å². The molecular weight excluding hydrogens is 120 g/mol. The lowest BCUT2D eigenvalue weighted by molar-refractivity contribution is 0.577. The molecule has 0 heterocycles. The molecule has 0 spiro atoms. The monoisotopic (exact) mass is 140 g/mol. The molecule has 0 aromatic carbocycles. The highest BCUT2D eigenvalue weighted by molar-refractivity contribution is 4.81. The fourth-order valence-electron chi connectivity index (χ4n) is 1.63. The van der Waals surface area contributed by atoms with E-state index in [-0.39, 0.29) is 0 Å². The minimum Gasteiger partial charge on any atom is -0.0654 e. The Hall–Kier alpha value is 0. The van der Waals surface area contributed by atoms with Crippen LogP contribution in [0.3, 0.4) is 0 Å². The highest BCUT2D eigenvalue weighted by atomic mass is 14.4. The minimum atomic E-state index is 1.07. The van der Waals surface area contributed by atoms with Crippen LogP contribution < -0.4 is 0 Å². The van der Waals surface area contributed by atoms with Gasteiger partial charge in [0.1, 0.15) is 0 Å². The van der Waals surface area contributed by atoms with Gasteiger partial charge in [0, 0.05) is 0 Å². The Bertz CT molecular complexity index is 86.0. The molecule has 10 heavy (non-hydrogen) atoms. The topological polar surface area (TPSA) is 0 Å². The summed E-state index contributed by atoms with van der Waals surface area (Å²) in [7, 11) is 0. The molecule has 0 aromatic heterocycles. The third kappa shape index (κ3) is 2.72. The van der Waals surface area contributed by atoms with Gasteiger partial charge in [0.05, 0.1) is 0 Å². The molecule has 1 rings (SSSR count). The van der Waals surface area contributed by atoms with Gasteiger partial charge in [-0.1, -0.05) is 46.0 Å². The summed E-state index contributed by atoms with van der Waals surface area (Å²) in [6.07, 6.45) is 8.82. The molecule has 2 atom stereocenters. The molecule has 0 N–H and O–H groups in total. The molecule has 60 valence electrons. The van der Waals surface area contributed by atoms with Crippen LogP contribution in [-0.4, -0.2) is 0 Å². The Morgan fingerprint density at radius 2 is 1.90 bits per heavy atom. The first-order chi connectivity index (χ1) is 4.84. The summed E-state index contributed by atoms with van der Waals surface area (Å²) in [5, 5.41) is 0. The van der Waals surface area contributed by atoms with Crippen LogP contribution >= 0.6 is 0 Å². The maximum atomic E-state index is 2.38. The van der Waals surface area contributed by atoms with E-state index in [9.17, 15) is 0 Å². The molecule has 0 aliphatic heterocycles. The SMILES string of the molecule is CCCCCC[C@@H]1C[C@@H]1C. The second-order valence-electron chi connectivity index (χ2n) is 3.82. The molecule has 0 heteroatoms. The highest BCUT2D eigenvalue weighted by Gasteiger charge is 2.31. The maximum absolute atomic E-state index is 2.38. The normalized spacial score (nSPS) is 30.6. The van der Waals surface area contributed by atoms with Crippen molar-refractivity contribution in [1.82, 2.24) is 0 Å². The zero-order valence-electron chi connectivity index (χ0n) is 7.40. The van der Waals surface area contributed by atoms with Crippen molar-refractivity contribution in [3.8, 4) is 0 Å². The maximum Gasteiger partial charge on any atom is -0.0386 e. The molecular formula is C10H20. The van der Waals surface area contributed by atoms with Crippen molar-refractivity contribution in [2.45, 2.75) is 52.4 Å². The van der Waals surface area contributed by atoms with Gasteiger partial charge in [-0.3, -0.25) is 0 Å². The average Bonchev–Trinajstić information content (AvgIpc) is 2.60. The average molecular weight is 140 g/mol. The summed E-state index contributed by atoms with van der Waals surface area (Å²) >= 11 is 0. The van der Waals surface area contributed by atoms with Gasteiger partial charge < -0.3 is 0 Å². The van der Waals surface area contributed by atoms with Crippen LogP contribution in [0.15, 0.2) is 0 Å². The van der Waals surface area contributed by atoms with Crippen LogP contribution in [0.2, 0.25) is 0 Å². The third-order valence-corrected chi connectivity index (χ3v) is 2.70. The summed E-state index contributed by atoms with van der Waals surface area (Å²) in [6.45, 7) is 4.66. The van der Waals surface area contributed by atoms with E-state index in [1.165, 1.54) is 38.5 Å². The molecule has 1 aliphatic carbocycles. The standard InChI is InChI=1S/C10H20/c1-3-4-5-6-7-10-8-9(10)2/h9-10H,3-8H2,1-2H3/t9-,10+/m0/s1. The molecule has 0 aromatic rings. The van der Waals surface area contributed by atoms with Crippen molar-refractivity contribution >= 4 is 0 Å². The van der Waals surface area contributed by atoms with Gasteiger partial charge in [-0.25, -0.2) is 0 Å². The van der Waals surface area contributed by atoms with Gasteiger partial charge in [0.25, 0.3) is 0 Å². The van der Waals surface area contributed by atoms with Crippen molar-refractivity contribution in [2.75, 3.05) is 0 Å². The molecule has 0 saturated heterocycles. The van der Waals surface area contributed by atoms with E-state index in [0.717, 1.165) is 11.8 Å². The van der Waals surface area contributed by atoms with Crippen molar-refractivity contribution in [3.05, 3.63) is 0 Å². The predicted octanol–water partition coefficient (Wildman–Crippen LogP) is 3.61. The van der Waals surface area contributed by atoms with Crippen molar-refractivity contribution in [2.24, 2.45) is 11.8 Å². The quantitative estimate of drug-likeness (QED) is 0.512. The van der Waals surface area contributed by atoms with E-state index in [1.807, 2.05) is 0 Å². The Balaban J connectivity index is 1.78. The van der Waals surface area contributed by atoms with Gasteiger partial charge in [-0.05, 0) is 18.3 Å². The van der Waals surface area contributed by atoms with Crippen molar-refractivity contribution < 1.29 is 0 Å². The molecule has 1 saturated carbocycles. The second-order valence-corrected chi connectivity index (χ2v) is 3.82. The fraction of sp³-hybridized carbons (Fsp3) is 1.00. The van der Waals surface area contributed by atoms with Crippen molar-refractivity contribution in [1.29, 1.82) is 0 Å². The number of unbranched alkanes of at least 4 members (excludes halogenated alkanes) is 3. The lowest BCUT2D eigenvalue weighted by Gasteiger charge is -1.96. The summed E-state index contributed by atoms with van der Waals surface area (Å²) in [5.74, 6) is 2.19. The molecule has 1 fully saturated rings. The van der Waals surface area contributed by atoms with Gasteiger partial charge in [-0.2, -0.15) is 0 Å². The Morgan fingerprint density at radius 3 is 2.40 bits per heavy atom. The molecule has 0 radical (unpaired) electrons. The molecule has 1 aliphatic rings. The smallest absolute Gasteiger partial charge is 0.0386 e. The van der Waals surface area contributed by atoms with Gasteiger partial charge in [0.2, 0.25) is 0 Å². The number of rotatable bonds is 5. The highest BCUT2D eigenvalue weighted by Crippen LogP contribution is 2.41. The first-order valence-electron chi connectivity index (χ1n) is 4.84. The predicted molar refractivity (Wildman–Crippen MR) is 46.0 cm³/mol. The zero-order chi connectivity index (χ0) is 7.40. The Morgan fingerprint density at radius 1 is 1.20 bits per heavy atom. The van der Waals surface area contributed by atoms with E-state index in [0.29, 0.717) is 0 Å². The lowest BCUT2D eigenvalue weighted by atomic mass is 10.1. The van der Waals surface area contributed by atoms with Crippen LogP contribution in [0.5, 0.6) is 0 Å². The summed E-state index contributed by atoms with van der Waals surface area (Å²) < 4.78 is 0. The van der Waals surface area contributed by atoms with Crippen LogP contribution in [0.1, 0.15) is 52.4 Å². The van der Waals surface area contributed by atoms with E-state index in [4.69, 9.17) is 0 Å². The molecule has 0 bridgehead atoms. The van der Waals surface area contributed by atoms with Crippen LogP contribution in [-0.2, 0) is 0 Å². The van der Waals surface area contributed by atoms with E-state index < -0.39 is 0 Å². The van der Waals surface area contributed by atoms with E-state index in [1.54, 1.807) is 0 Å². The summed E-state index contributed by atoms with van der Waals surface area (Å²) in [6, 6.07) is 0. The first-order valence-corrected chi connectivity index (χ1v) is 4.84. The lowest BCUT2D eigenvalue weighted by Crippen LogP contribution is -1.80. The van der Waals surface area contributed by atoms with Gasteiger partial charge in [-0.15, -0.1) is 0 Å².